The Morgan fingerprint density at radius 1 is 1.14 bits per heavy atom. The van der Waals surface area contributed by atoms with Crippen molar-refractivity contribution >= 4 is 0 Å². The Morgan fingerprint density at radius 2 is 1.76 bits per heavy atom. The average molecular weight is 296 g/mol. The average Bonchev–Trinajstić information content (AvgIpc) is 2.45. The molecule has 0 saturated heterocycles. The Kier molecular flexibility index (Phi) is 4.27. The molecule has 2 aromatic rings. The third-order valence-electron chi connectivity index (χ3n) is 3.21. The summed E-state index contributed by atoms with van der Waals surface area (Å²) in [5.41, 5.74) is 1.51. The van der Waals surface area contributed by atoms with E-state index in [-0.39, 0.29) is 0 Å². The molecule has 0 amide bonds. The highest BCUT2D eigenvalue weighted by molar-refractivity contribution is 5.35. The third-order valence-corrected chi connectivity index (χ3v) is 3.21. The lowest BCUT2D eigenvalue weighted by Crippen LogP contribution is -2.09. The van der Waals surface area contributed by atoms with E-state index in [2.05, 4.69) is 10.2 Å². The van der Waals surface area contributed by atoms with Gasteiger partial charge in [0.15, 0.2) is 0 Å². The fraction of sp³-hybridized carbons (Fsp3) is 0.333. The van der Waals surface area contributed by atoms with E-state index in [9.17, 15) is 18.3 Å². The Hall–Kier alpha value is -1.95. The molecule has 0 aliphatic rings. The van der Waals surface area contributed by atoms with Gasteiger partial charge in [0.25, 0.3) is 0 Å². The van der Waals surface area contributed by atoms with E-state index in [0.717, 1.165) is 12.1 Å². The highest BCUT2D eigenvalue weighted by atomic mass is 19.4. The molecule has 0 aliphatic heterocycles. The molecule has 1 atom stereocenters. The van der Waals surface area contributed by atoms with Crippen molar-refractivity contribution in [3.05, 3.63) is 58.4 Å². The summed E-state index contributed by atoms with van der Waals surface area (Å²) in [7, 11) is 0. The summed E-state index contributed by atoms with van der Waals surface area (Å²) in [4.78, 5) is 0. The lowest BCUT2D eigenvalue weighted by molar-refractivity contribution is -0.137. The van der Waals surface area contributed by atoms with Gasteiger partial charge in [-0.05, 0) is 37.1 Å². The summed E-state index contributed by atoms with van der Waals surface area (Å²) in [6.45, 7) is 3.62. The second kappa shape index (κ2) is 5.81. The number of alkyl halides is 3. The highest BCUT2D eigenvalue weighted by Crippen LogP contribution is 2.31. The zero-order valence-corrected chi connectivity index (χ0v) is 11.6. The van der Waals surface area contributed by atoms with Gasteiger partial charge in [-0.1, -0.05) is 19.1 Å². The Morgan fingerprint density at radius 3 is 2.29 bits per heavy atom. The first-order valence-corrected chi connectivity index (χ1v) is 6.51. The summed E-state index contributed by atoms with van der Waals surface area (Å²) < 4.78 is 37.6. The number of aryl methyl sites for hydroxylation is 2. The van der Waals surface area contributed by atoms with E-state index >= 15 is 0 Å². The largest absolute Gasteiger partial charge is 0.416 e. The summed E-state index contributed by atoms with van der Waals surface area (Å²) in [6, 6.07) is 6.19. The van der Waals surface area contributed by atoms with Gasteiger partial charge in [-0.3, -0.25) is 0 Å². The Balaban J connectivity index is 2.36. The molecule has 1 heterocycles. The van der Waals surface area contributed by atoms with Crippen molar-refractivity contribution in [1.82, 2.24) is 10.2 Å². The van der Waals surface area contributed by atoms with Gasteiger partial charge in [-0.2, -0.15) is 23.4 Å². The van der Waals surface area contributed by atoms with Crippen LogP contribution in [0, 0.1) is 6.92 Å². The number of aliphatic hydroxyl groups is 1. The summed E-state index contributed by atoms with van der Waals surface area (Å²) in [5.74, 6) is 0. The standard InChI is InChI=1S/C15H15F3N2O/c1-3-13-12(8-9(2)19-20-13)14(21)10-4-6-11(7-5-10)15(16,17)18/h4-8,14,21H,3H2,1-2H3. The molecule has 0 fully saturated rings. The Labute approximate surface area is 120 Å². The first-order valence-electron chi connectivity index (χ1n) is 6.51. The van der Waals surface area contributed by atoms with E-state index in [1.165, 1.54) is 12.1 Å². The molecule has 6 heteroatoms. The molecule has 0 spiro atoms. The van der Waals surface area contributed by atoms with Crippen LogP contribution in [0.25, 0.3) is 0 Å². The van der Waals surface area contributed by atoms with E-state index in [4.69, 9.17) is 0 Å². The number of hydrogen-bond donors (Lipinski definition) is 1. The van der Waals surface area contributed by atoms with E-state index in [1.807, 2.05) is 6.92 Å². The smallest absolute Gasteiger partial charge is 0.384 e. The number of halogens is 3. The van der Waals surface area contributed by atoms with Gasteiger partial charge in [0.05, 0.1) is 17.0 Å². The van der Waals surface area contributed by atoms with Gasteiger partial charge < -0.3 is 5.11 Å². The maximum absolute atomic E-state index is 12.5. The number of aromatic nitrogens is 2. The van der Waals surface area contributed by atoms with Crippen molar-refractivity contribution in [2.75, 3.05) is 0 Å². The number of rotatable bonds is 3. The third kappa shape index (κ3) is 3.39. The van der Waals surface area contributed by atoms with Crippen LogP contribution in [0.5, 0.6) is 0 Å². The van der Waals surface area contributed by atoms with Crippen molar-refractivity contribution < 1.29 is 18.3 Å². The molecule has 1 aromatic heterocycles. The van der Waals surface area contributed by atoms with Gasteiger partial charge in [-0.15, -0.1) is 0 Å². The monoisotopic (exact) mass is 296 g/mol. The maximum atomic E-state index is 12.5. The predicted molar refractivity (Wildman–Crippen MR) is 71.7 cm³/mol. The predicted octanol–water partition coefficient (Wildman–Crippen LogP) is 3.45. The summed E-state index contributed by atoms with van der Waals surface area (Å²) >= 11 is 0. The van der Waals surface area contributed by atoms with Crippen LogP contribution in [-0.2, 0) is 12.6 Å². The van der Waals surface area contributed by atoms with Crippen LogP contribution < -0.4 is 0 Å². The minimum atomic E-state index is -4.38. The van der Waals surface area contributed by atoms with Crippen LogP contribution in [-0.4, -0.2) is 15.3 Å². The topological polar surface area (TPSA) is 46.0 Å². The van der Waals surface area contributed by atoms with Crippen LogP contribution in [0.2, 0.25) is 0 Å². The minimum Gasteiger partial charge on any atom is -0.384 e. The molecule has 0 aliphatic carbocycles. The molecule has 1 unspecified atom stereocenters. The molecule has 0 bridgehead atoms. The van der Waals surface area contributed by atoms with Crippen LogP contribution in [0.4, 0.5) is 13.2 Å². The van der Waals surface area contributed by atoms with E-state index in [0.29, 0.717) is 28.9 Å². The summed E-state index contributed by atoms with van der Waals surface area (Å²) in [5, 5.41) is 18.3. The molecule has 21 heavy (non-hydrogen) atoms. The van der Waals surface area contributed by atoms with Gasteiger partial charge in [0.2, 0.25) is 0 Å². The first kappa shape index (κ1) is 15.4. The van der Waals surface area contributed by atoms with Crippen LogP contribution in [0.15, 0.2) is 30.3 Å². The van der Waals surface area contributed by atoms with Gasteiger partial charge in [0, 0.05) is 5.56 Å². The fourth-order valence-corrected chi connectivity index (χ4v) is 2.08. The van der Waals surface area contributed by atoms with Crippen LogP contribution in [0.1, 0.15) is 41.1 Å². The van der Waals surface area contributed by atoms with E-state index < -0.39 is 17.8 Å². The molecule has 1 N–H and O–H groups in total. The molecule has 0 saturated carbocycles. The second-order valence-electron chi connectivity index (χ2n) is 4.76. The Bertz CT molecular complexity index is 624. The number of nitrogens with zero attached hydrogens (tertiary/aromatic N) is 2. The van der Waals surface area contributed by atoms with Crippen molar-refractivity contribution in [2.45, 2.75) is 32.5 Å². The molecule has 0 radical (unpaired) electrons. The zero-order valence-electron chi connectivity index (χ0n) is 11.6. The minimum absolute atomic E-state index is 0.394. The van der Waals surface area contributed by atoms with Crippen molar-refractivity contribution in [2.24, 2.45) is 0 Å². The molecule has 1 aromatic carbocycles. The molecular weight excluding hydrogens is 281 g/mol. The zero-order chi connectivity index (χ0) is 15.6. The van der Waals surface area contributed by atoms with Gasteiger partial charge >= 0.3 is 6.18 Å². The fourth-order valence-electron chi connectivity index (χ4n) is 2.08. The van der Waals surface area contributed by atoms with Crippen molar-refractivity contribution in [3.63, 3.8) is 0 Å². The lowest BCUT2D eigenvalue weighted by Gasteiger charge is -2.15. The number of benzene rings is 1. The molecule has 112 valence electrons. The molecule has 3 nitrogen and oxygen atoms in total. The quantitative estimate of drug-likeness (QED) is 0.943. The van der Waals surface area contributed by atoms with Crippen LogP contribution >= 0.6 is 0 Å². The van der Waals surface area contributed by atoms with Gasteiger partial charge in [0.1, 0.15) is 6.10 Å². The normalized spacial score (nSPS) is 13.2. The number of hydrogen-bond acceptors (Lipinski definition) is 3. The first-order chi connectivity index (χ1) is 9.82. The second-order valence-corrected chi connectivity index (χ2v) is 4.76. The number of aliphatic hydroxyl groups excluding tert-OH is 1. The molecule has 2 rings (SSSR count). The van der Waals surface area contributed by atoms with Crippen molar-refractivity contribution in [3.8, 4) is 0 Å². The highest BCUT2D eigenvalue weighted by Gasteiger charge is 2.30. The van der Waals surface area contributed by atoms with Gasteiger partial charge in [-0.25, -0.2) is 0 Å². The SMILES string of the molecule is CCc1nnc(C)cc1C(O)c1ccc(C(F)(F)F)cc1. The van der Waals surface area contributed by atoms with Crippen LogP contribution in [0.3, 0.4) is 0 Å². The van der Waals surface area contributed by atoms with Crippen molar-refractivity contribution in [1.29, 1.82) is 0 Å². The maximum Gasteiger partial charge on any atom is 0.416 e. The van der Waals surface area contributed by atoms with E-state index in [1.54, 1.807) is 13.0 Å². The summed E-state index contributed by atoms with van der Waals surface area (Å²) in [6.07, 6.45) is -4.82. The lowest BCUT2D eigenvalue weighted by atomic mass is 9.98. The molecular formula is C15H15F3N2O.